The fourth-order valence-electron chi connectivity index (χ4n) is 6.22. The van der Waals surface area contributed by atoms with Crippen molar-refractivity contribution in [3.05, 3.63) is 36.0 Å². The van der Waals surface area contributed by atoms with Gasteiger partial charge in [0.2, 0.25) is 0 Å². The molecule has 4 rings (SSSR count). The molecule has 0 saturated heterocycles. The number of fused-ring (bicyclic) bond motifs is 5. The first-order valence-electron chi connectivity index (χ1n) is 8.72. The van der Waals surface area contributed by atoms with E-state index in [1.165, 1.54) is 49.7 Å². The number of allylic oxidation sites excluding steroid dienone is 3. The largest absolute Gasteiger partial charge is 0.385 e. The van der Waals surface area contributed by atoms with Gasteiger partial charge in [-0.05, 0) is 61.7 Å². The lowest BCUT2D eigenvalue weighted by Crippen LogP contribution is -2.48. The average Bonchev–Trinajstić information content (AvgIpc) is 2.76. The molecule has 114 valence electrons. The number of aliphatic hydroxyl groups is 1. The topological polar surface area (TPSA) is 20.2 Å². The van der Waals surface area contributed by atoms with E-state index in [1.54, 1.807) is 0 Å². The van der Waals surface area contributed by atoms with E-state index >= 15 is 0 Å². The first-order valence-corrected chi connectivity index (χ1v) is 8.72. The lowest BCUT2D eigenvalue weighted by Gasteiger charge is -2.56. The van der Waals surface area contributed by atoms with Gasteiger partial charge in [0.1, 0.15) is 0 Å². The Kier molecular flexibility index (Phi) is 2.86. The molecule has 0 aromatic heterocycles. The summed E-state index contributed by atoms with van der Waals surface area (Å²) in [5.74, 6) is 2.47. The minimum Gasteiger partial charge on any atom is -0.385 e. The molecule has 0 heterocycles. The van der Waals surface area contributed by atoms with Gasteiger partial charge >= 0.3 is 0 Å². The van der Waals surface area contributed by atoms with Crippen LogP contribution in [-0.2, 0) is 0 Å². The molecule has 1 unspecified atom stereocenters. The Bertz CT molecular complexity index is 542. The standard InChI is InChI=1S/C20H28O/c1-13-4-7-17-16-6-5-14-12-15(21)8-10-20(14,3)18(16)9-11-19(13,17)2/h8,10,12,15-18,21H,1,4-7,9,11H2,2-3H3/t15?,16-,17-,18+,19+,20-/m0/s1. The van der Waals surface area contributed by atoms with E-state index in [4.69, 9.17) is 0 Å². The normalized spacial score (nSPS) is 52.0. The van der Waals surface area contributed by atoms with Gasteiger partial charge in [-0.2, -0.15) is 0 Å². The number of hydrogen-bond acceptors (Lipinski definition) is 1. The molecule has 1 N–H and O–H groups in total. The van der Waals surface area contributed by atoms with Crippen LogP contribution in [0.2, 0.25) is 0 Å². The van der Waals surface area contributed by atoms with Crippen molar-refractivity contribution in [3.8, 4) is 0 Å². The molecular weight excluding hydrogens is 256 g/mol. The third-order valence-electron chi connectivity index (χ3n) is 7.61. The zero-order valence-electron chi connectivity index (χ0n) is 13.4. The van der Waals surface area contributed by atoms with E-state index in [-0.39, 0.29) is 11.5 Å². The van der Waals surface area contributed by atoms with Crippen molar-refractivity contribution in [1.29, 1.82) is 0 Å². The third-order valence-corrected chi connectivity index (χ3v) is 7.61. The fourth-order valence-corrected chi connectivity index (χ4v) is 6.22. The van der Waals surface area contributed by atoms with Crippen molar-refractivity contribution in [2.24, 2.45) is 28.6 Å². The summed E-state index contributed by atoms with van der Waals surface area (Å²) in [4.78, 5) is 0. The van der Waals surface area contributed by atoms with Crippen LogP contribution < -0.4 is 0 Å². The average molecular weight is 284 g/mol. The van der Waals surface area contributed by atoms with Gasteiger partial charge in [0.05, 0.1) is 6.10 Å². The van der Waals surface area contributed by atoms with Crippen molar-refractivity contribution >= 4 is 0 Å². The van der Waals surface area contributed by atoms with Gasteiger partial charge in [-0.3, -0.25) is 0 Å². The molecule has 0 radical (unpaired) electrons. The van der Waals surface area contributed by atoms with Crippen LogP contribution in [0.3, 0.4) is 0 Å². The van der Waals surface area contributed by atoms with Crippen molar-refractivity contribution in [1.82, 2.24) is 0 Å². The molecule has 1 heteroatoms. The van der Waals surface area contributed by atoms with E-state index in [2.05, 4.69) is 32.6 Å². The third kappa shape index (κ3) is 1.73. The highest BCUT2D eigenvalue weighted by atomic mass is 16.3. The van der Waals surface area contributed by atoms with E-state index in [1.807, 2.05) is 6.08 Å². The second kappa shape index (κ2) is 4.35. The van der Waals surface area contributed by atoms with Gasteiger partial charge in [-0.25, -0.2) is 0 Å². The maximum absolute atomic E-state index is 9.91. The van der Waals surface area contributed by atoms with E-state index in [0.717, 1.165) is 17.8 Å². The van der Waals surface area contributed by atoms with Crippen LogP contribution in [0.1, 0.15) is 52.4 Å². The zero-order valence-corrected chi connectivity index (χ0v) is 13.4. The summed E-state index contributed by atoms with van der Waals surface area (Å²) in [6.45, 7) is 9.30. The minimum absolute atomic E-state index is 0.202. The van der Waals surface area contributed by atoms with Crippen molar-refractivity contribution in [2.75, 3.05) is 0 Å². The Morgan fingerprint density at radius 2 is 1.95 bits per heavy atom. The van der Waals surface area contributed by atoms with Crippen LogP contribution in [0.25, 0.3) is 0 Å². The molecule has 3 fully saturated rings. The molecule has 0 spiro atoms. The summed E-state index contributed by atoms with van der Waals surface area (Å²) >= 11 is 0. The van der Waals surface area contributed by atoms with E-state index in [0.29, 0.717) is 5.41 Å². The van der Waals surface area contributed by atoms with Crippen LogP contribution in [0, 0.1) is 28.6 Å². The summed E-state index contributed by atoms with van der Waals surface area (Å²) in [6, 6.07) is 0. The lowest BCUT2D eigenvalue weighted by atomic mass is 9.48. The summed E-state index contributed by atoms with van der Waals surface area (Å²) in [5, 5.41) is 9.91. The maximum atomic E-state index is 9.91. The number of hydrogen-bond donors (Lipinski definition) is 1. The van der Waals surface area contributed by atoms with Crippen LogP contribution in [-0.4, -0.2) is 11.2 Å². The van der Waals surface area contributed by atoms with E-state index in [9.17, 15) is 5.11 Å². The molecule has 0 aromatic carbocycles. The number of aliphatic hydroxyl groups excluding tert-OH is 1. The van der Waals surface area contributed by atoms with Gasteiger partial charge in [0.15, 0.2) is 0 Å². The summed E-state index contributed by atoms with van der Waals surface area (Å²) in [6.07, 6.45) is 13.8. The van der Waals surface area contributed by atoms with Gasteiger partial charge in [0.25, 0.3) is 0 Å². The molecule has 4 aliphatic carbocycles. The van der Waals surface area contributed by atoms with Crippen molar-refractivity contribution < 1.29 is 5.11 Å². The summed E-state index contributed by atoms with van der Waals surface area (Å²) in [7, 11) is 0. The molecule has 0 amide bonds. The first kappa shape index (κ1) is 13.8. The molecular formula is C20H28O. The van der Waals surface area contributed by atoms with Crippen molar-refractivity contribution in [2.45, 2.75) is 58.5 Å². The Morgan fingerprint density at radius 3 is 2.76 bits per heavy atom. The van der Waals surface area contributed by atoms with Gasteiger partial charge in [-0.1, -0.05) is 49.8 Å². The molecule has 4 aliphatic rings. The number of rotatable bonds is 0. The summed E-state index contributed by atoms with van der Waals surface area (Å²) < 4.78 is 0. The van der Waals surface area contributed by atoms with Gasteiger partial charge < -0.3 is 5.11 Å². The highest BCUT2D eigenvalue weighted by molar-refractivity contribution is 5.34. The molecule has 0 bridgehead atoms. The highest BCUT2D eigenvalue weighted by Crippen LogP contribution is 2.65. The van der Waals surface area contributed by atoms with Crippen LogP contribution in [0.4, 0.5) is 0 Å². The quantitative estimate of drug-likeness (QED) is 0.642. The highest BCUT2D eigenvalue weighted by Gasteiger charge is 2.56. The molecule has 0 aromatic rings. The van der Waals surface area contributed by atoms with E-state index < -0.39 is 0 Å². The van der Waals surface area contributed by atoms with Crippen molar-refractivity contribution in [3.63, 3.8) is 0 Å². The lowest BCUT2D eigenvalue weighted by molar-refractivity contribution is -0.00345. The summed E-state index contributed by atoms with van der Waals surface area (Å²) in [5.41, 5.74) is 3.63. The predicted molar refractivity (Wildman–Crippen MR) is 86.8 cm³/mol. The Morgan fingerprint density at radius 1 is 1.14 bits per heavy atom. The molecule has 3 saturated carbocycles. The monoisotopic (exact) mass is 284 g/mol. The smallest absolute Gasteiger partial charge is 0.0905 e. The first-order chi connectivity index (χ1) is 9.95. The molecule has 0 aliphatic heterocycles. The predicted octanol–water partition coefficient (Wildman–Crippen LogP) is 4.64. The van der Waals surface area contributed by atoms with Crippen LogP contribution >= 0.6 is 0 Å². The molecule has 6 atom stereocenters. The Labute approximate surface area is 128 Å². The molecule has 1 nitrogen and oxygen atoms in total. The second-order valence-electron chi connectivity index (χ2n) is 8.34. The SMILES string of the molecule is C=C1CC[C@H]2[C@@H]3CCC4=CC(O)C=C[C@]4(C)[C@@H]3CC[C@]12C. The Hall–Kier alpha value is -0.820. The molecule has 21 heavy (non-hydrogen) atoms. The van der Waals surface area contributed by atoms with Crippen LogP contribution in [0.15, 0.2) is 36.0 Å². The van der Waals surface area contributed by atoms with Gasteiger partial charge in [-0.15, -0.1) is 0 Å². The minimum atomic E-state index is -0.357. The maximum Gasteiger partial charge on any atom is 0.0905 e. The van der Waals surface area contributed by atoms with Crippen LogP contribution in [0.5, 0.6) is 0 Å². The zero-order chi connectivity index (χ0) is 14.8. The van der Waals surface area contributed by atoms with Gasteiger partial charge in [0, 0.05) is 5.41 Å². The second-order valence-corrected chi connectivity index (χ2v) is 8.34. The fraction of sp³-hybridized carbons (Fsp3) is 0.700. The Balaban J connectivity index is 1.70.